The maximum Gasteiger partial charge on any atom is 0.0208 e. The van der Waals surface area contributed by atoms with Gasteiger partial charge in [-0.15, -0.1) is 12.4 Å². The highest BCUT2D eigenvalue weighted by atomic mass is 35.5. The highest BCUT2D eigenvalue weighted by molar-refractivity contribution is 5.85. The number of hydrogen-bond acceptors (Lipinski definition) is 1. The van der Waals surface area contributed by atoms with Crippen LogP contribution in [0.25, 0.3) is 0 Å². The average molecular weight is 326 g/mol. The minimum atomic E-state index is 0. The van der Waals surface area contributed by atoms with Crippen molar-refractivity contribution in [2.75, 3.05) is 6.54 Å². The first-order valence-corrected chi connectivity index (χ1v) is 9.10. The molecule has 2 heteroatoms. The van der Waals surface area contributed by atoms with Gasteiger partial charge >= 0.3 is 0 Å². The summed E-state index contributed by atoms with van der Waals surface area (Å²) in [5.41, 5.74) is 2.83. The van der Waals surface area contributed by atoms with E-state index in [1.807, 2.05) is 0 Å². The third-order valence-corrected chi connectivity index (χ3v) is 4.28. The van der Waals surface area contributed by atoms with E-state index in [-0.39, 0.29) is 12.4 Å². The molecule has 0 aromatic heterocycles. The second-order valence-corrected chi connectivity index (χ2v) is 6.29. The van der Waals surface area contributed by atoms with Crippen LogP contribution in [0.4, 0.5) is 0 Å². The Labute approximate surface area is 144 Å². The summed E-state index contributed by atoms with van der Waals surface area (Å²) in [7, 11) is 0. The molecule has 0 fully saturated rings. The Kier molecular flexibility index (Phi) is 15.0. The molecule has 0 aliphatic heterocycles. The van der Waals surface area contributed by atoms with Crippen LogP contribution in [0.2, 0.25) is 0 Å². The first-order chi connectivity index (χ1) is 10.3. The molecular formula is C20H36ClN. The van der Waals surface area contributed by atoms with Crippen molar-refractivity contribution in [3.8, 4) is 0 Å². The van der Waals surface area contributed by atoms with Gasteiger partial charge in [0, 0.05) is 6.54 Å². The summed E-state index contributed by atoms with van der Waals surface area (Å²) in [6, 6.07) is 8.66. The monoisotopic (exact) mass is 325 g/mol. The Hall–Kier alpha value is -0.530. The van der Waals surface area contributed by atoms with Gasteiger partial charge in [0.15, 0.2) is 0 Å². The quantitative estimate of drug-likeness (QED) is 0.412. The van der Waals surface area contributed by atoms with Crippen LogP contribution in [0.5, 0.6) is 0 Å². The molecule has 0 saturated carbocycles. The molecular weight excluding hydrogens is 290 g/mol. The number of nitrogens with one attached hydrogen (secondary N) is 1. The third kappa shape index (κ3) is 11.1. The maximum absolute atomic E-state index is 3.57. The van der Waals surface area contributed by atoms with E-state index in [4.69, 9.17) is 0 Å². The van der Waals surface area contributed by atoms with E-state index in [9.17, 15) is 0 Å². The molecule has 0 aliphatic rings. The van der Waals surface area contributed by atoms with Crippen LogP contribution < -0.4 is 5.32 Å². The summed E-state index contributed by atoms with van der Waals surface area (Å²) < 4.78 is 0. The van der Waals surface area contributed by atoms with Crippen molar-refractivity contribution in [1.29, 1.82) is 0 Å². The van der Waals surface area contributed by atoms with Gasteiger partial charge in [-0.1, -0.05) is 89.0 Å². The molecule has 22 heavy (non-hydrogen) atoms. The molecule has 1 aromatic rings. The van der Waals surface area contributed by atoms with Gasteiger partial charge in [0.2, 0.25) is 0 Å². The topological polar surface area (TPSA) is 12.0 Å². The van der Waals surface area contributed by atoms with Crippen molar-refractivity contribution < 1.29 is 0 Å². The largest absolute Gasteiger partial charge is 0.313 e. The van der Waals surface area contributed by atoms with E-state index in [2.05, 4.69) is 43.4 Å². The zero-order valence-corrected chi connectivity index (χ0v) is 15.5. The lowest BCUT2D eigenvalue weighted by atomic mass is 10.1. The molecule has 0 unspecified atom stereocenters. The van der Waals surface area contributed by atoms with Crippen molar-refractivity contribution in [2.24, 2.45) is 0 Å². The molecule has 0 aliphatic carbocycles. The minimum absolute atomic E-state index is 0. The highest BCUT2D eigenvalue weighted by Gasteiger charge is 1.96. The van der Waals surface area contributed by atoms with E-state index in [0.29, 0.717) is 0 Å². The molecule has 0 saturated heterocycles. The zero-order valence-electron chi connectivity index (χ0n) is 14.7. The Morgan fingerprint density at radius 1 is 0.773 bits per heavy atom. The molecule has 0 amide bonds. The Morgan fingerprint density at radius 2 is 1.32 bits per heavy atom. The number of aryl methyl sites for hydroxylation is 1. The van der Waals surface area contributed by atoms with Crippen molar-refractivity contribution >= 4 is 12.4 Å². The molecule has 1 N–H and O–H groups in total. The number of unbranched alkanes of at least 4 members (excludes halogenated alkanes) is 9. The molecule has 0 bridgehead atoms. The smallest absolute Gasteiger partial charge is 0.0208 e. The predicted molar refractivity (Wildman–Crippen MR) is 102 cm³/mol. The fourth-order valence-corrected chi connectivity index (χ4v) is 2.77. The van der Waals surface area contributed by atoms with Crippen LogP contribution in [-0.2, 0) is 6.54 Å². The third-order valence-electron chi connectivity index (χ3n) is 4.28. The first kappa shape index (κ1) is 21.5. The van der Waals surface area contributed by atoms with Gasteiger partial charge in [-0.05, 0) is 31.0 Å². The van der Waals surface area contributed by atoms with Gasteiger partial charge in [-0.25, -0.2) is 0 Å². The van der Waals surface area contributed by atoms with Crippen LogP contribution in [0, 0.1) is 6.92 Å². The Bertz CT molecular complexity index is 351. The predicted octanol–water partition coefficient (Wildman–Crippen LogP) is 6.43. The summed E-state index contributed by atoms with van der Waals surface area (Å²) in [5.74, 6) is 0. The van der Waals surface area contributed by atoms with Gasteiger partial charge in [-0.3, -0.25) is 0 Å². The van der Waals surface area contributed by atoms with Gasteiger partial charge in [-0.2, -0.15) is 0 Å². The molecule has 1 rings (SSSR count). The van der Waals surface area contributed by atoms with Crippen molar-refractivity contribution in [3.63, 3.8) is 0 Å². The Balaban J connectivity index is 0.00000441. The summed E-state index contributed by atoms with van der Waals surface area (Å²) in [4.78, 5) is 0. The molecule has 1 aromatic carbocycles. The molecule has 128 valence electrons. The number of halogens is 1. The lowest BCUT2D eigenvalue weighted by Crippen LogP contribution is -2.15. The summed E-state index contributed by atoms with van der Waals surface area (Å²) in [6.45, 7) is 6.65. The van der Waals surface area contributed by atoms with E-state index < -0.39 is 0 Å². The summed E-state index contributed by atoms with van der Waals surface area (Å²) in [5, 5.41) is 3.57. The summed E-state index contributed by atoms with van der Waals surface area (Å²) in [6.07, 6.45) is 14.1. The summed E-state index contributed by atoms with van der Waals surface area (Å²) >= 11 is 0. The molecule has 0 atom stereocenters. The minimum Gasteiger partial charge on any atom is -0.313 e. The first-order valence-electron chi connectivity index (χ1n) is 9.10. The maximum atomic E-state index is 3.57. The fourth-order valence-electron chi connectivity index (χ4n) is 2.77. The van der Waals surface area contributed by atoms with E-state index in [1.165, 1.54) is 75.3 Å². The average Bonchev–Trinajstić information content (AvgIpc) is 2.50. The van der Waals surface area contributed by atoms with Crippen LogP contribution in [-0.4, -0.2) is 6.54 Å². The second-order valence-electron chi connectivity index (χ2n) is 6.29. The van der Waals surface area contributed by atoms with Gasteiger partial charge in [0.1, 0.15) is 0 Å². The lowest BCUT2D eigenvalue weighted by molar-refractivity contribution is 0.543. The van der Waals surface area contributed by atoms with Crippen molar-refractivity contribution in [2.45, 2.75) is 84.6 Å². The van der Waals surface area contributed by atoms with Crippen LogP contribution in [0.3, 0.4) is 0 Å². The lowest BCUT2D eigenvalue weighted by Gasteiger charge is -2.07. The molecule has 0 radical (unpaired) electrons. The Morgan fingerprint density at radius 3 is 1.91 bits per heavy atom. The SMILES string of the molecule is CCCCCCCCCCCCNCc1ccccc1C.Cl. The number of benzene rings is 1. The van der Waals surface area contributed by atoms with E-state index >= 15 is 0 Å². The molecule has 0 heterocycles. The van der Waals surface area contributed by atoms with Gasteiger partial charge < -0.3 is 5.32 Å². The van der Waals surface area contributed by atoms with Gasteiger partial charge in [0.25, 0.3) is 0 Å². The fraction of sp³-hybridized carbons (Fsp3) is 0.700. The second kappa shape index (κ2) is 15.4. The zero-order chi connectivity index (χ0) is 15.2. The van der Waals surface area contributed by atoms with Crippen molar-refractivity contribution in [1.82, 2.24) is 5.32 Å². The van der Waals surface area contributed by atoms with E-state index in [0.717, 1.165) is 13.1 Å². The van der Waals surface area contributed by atoms with Crippen molar-refractivity contribution in [3.05, 3.63) is 35.4 Å². The van der Waals surface area contributed by atoms with Gasteiger partial charge in [0.05, 0.1) is 0 Å². The standard InChI is InChI=1S/C20H35N.ClH/c1-3-4-5-6-7-8-9-10-11-14-17-21-18-20-16-13-12-15-19(20)2;/h12-13,15-16,21H,3-11,14,17-18H2,1-2H3;1H. The molecule has 1 nitrogen and oxygen atoms in total. The number of hydrogen-bond donors (Lipinski definition) is 1. The normalized spacial score (nSPS) is 10.5. The van der Waals surface area contributed by atoms with Crippen LogP contribution >= 0.6 is 12.4 Å². The molecule has 0 spiro atoms. The van der Waals surface area contributed by atoms with Crippen LogP contribution in [0.1, 0.15) is 82.3 Å². The highest BCUT2D eigenvalue weighted by Crippen LogP contribution is 2.10. The van der Waals surface area contributed by atoms with E-state index in [1.54, 1.807) is 0 Å². The van der Waals surface area contributed by atoms with Crippen LogP contribution in [0.15, 0.2) is 24.3 Å². The number of rotatable bonds is 13.